The lowest BCUT2D eigenvalue weighted by Crippen LogP contribution is -2.25. The summed E-state index contributed by atoms with van der Waals surface area (Å²) in [6, 6.07) is 3.48. The summed E-state index contributed by atoms with van der Waals surface area (Å²) >= 11 is 3.41. The highest BCUT2D eigenvalue weighted by Gasteiger charge is 2.25. The summed E-state index contributed by atoms with van der Waals surface area (Å²) in [7, 11) is 3.11. The third-order valence-electron chi connectivity index (χ3n) is 3.16. The van der Waals surface area contributed by atoms with Gasteiger partial charge in [-0.2, -0.15) is 0 Å². The molecular formula is C15H22BrNO3. The Morgan fingerprint density at radius 2 is 1.95 bits per heavy atom. The van der Waals surface area contributed by atoms with Crippen LogP contribution in [0.1, 0.15) is 30.6 Å². The minimum Gasteiger partial charge on any atom is -0.495 e. The van der Waals surface area contributed by atoms with E-state index < -0.39 is 0 Å². The summed E-state index contributed by atoms with van der Waals surface area (Å²) in [5.74, 6) is 1.37. The summed E-state index contributed by atoms with van der Waals surface area (Å²) < 4.78 is 11.2. The van der Waals surface area contributed by atoms with E-state index >= 15 is 0 Å². The van der Waals surface area contributed by atoms with E-state index in [1.165, 1.54) is 7.11 Å². The number of halogens is 1. The van der Waals surface area contributed by atoms with E-state index in [9.17, 15) is 4.79 Å². The SMILES string of the molecule is COc1ccc(C(=O)C(CN)CC(C)C)c(OC)c1Br. The highest BCUT2D eigenvalue weighted by molar-refractivity contribution is 9.10. The summed E-state index contributed by atoms with van der Waals surface area (Å²) in [5, 5.41) is 0. The van der Waals surface area contributed by atoms with Crippen molar-refractivity contribution in [1.82, 2.24) is 0 Å². The third-order valence-corrected chi connectivity index (χ3v) is 3.91. The standard InChI is InChI=1S/C15H22BrNO3/c1-9(2)7-10(8-17)14(18)11-5-6-12(19-3)13(16)15(11)20-4/h5-6,9-10H,7-8,17H2,1-4H3. The topological polar surface area (TPSA) is 61.5 Å². The number of methoxy groups -OCH3 is 2. The molecule has 0 fully saturated rings. The zero-order chi connectivity index (χ0) is 15.3. The summed E-state index contributed by atoms with van der Waals surface area (Å²) in [4.78, 5) is 12.6. The summed E-state index contributed by atoms with van der Waals surface area (Å²) in [6.45, 7) is 4.50. The Kier molecular flexibility index (Phi) is 6.49. The smallest absolute Gasteiger partial charge is 0.170 e. The first kappa shape index (κ1) is 17.0. The Bertz CT molecular complexity index is 474. The van der Waals surface area contributed by atoms with Gasteiger partial charge in [-0.1, -0.05) is 13.8 Å². The number of Topliss-reactive ketones (excluding diaryl/α,β-unsaturated/α-hetero) is 1. The molecule has 0 radical (unpaired) electrons. The van der Waals surface area contributed by atoms with Gasteiger partial charge in [0.15, 0.2) is 5.78 Å². The Balaban J connectivity index is 3.18. The van der Waals surface area contributed by atoms with Gasteiger partial charge in [-0.25, -0.2) is 0 Å². The first-order valence-electron chi connectivity index (χ1n) is 6.60. The van der Waals surface area contributed by atoms with E-state index in [1.807, 2.05) is 0 Å². The predicted octanol–water partition coefficient (Wildman–Crippen LogP) is 3.27. The van der Waals surface area contributed by atoms with Crippen molar-refractivity contribution in [1.29, 1.82) is 0 Å². The normalized spacial score (nSPS) is 12.3. The highest BCUT2D eigenvalue weighted by Crippen LogP contribution is 2.38. The van der Waals surface area contributed by atoms with Crippen LogP contribution in [0.15, 0.2) is 16.6 Å². The van der Waals surface area contributed by atoms with E-state index in [0.29, 0.717) is 34.0 Å². The molecule has 1 rings (SSSR count). The van der Waals surface area contributed by atoms with Crippen molar-refractivity contribution in [3.63, 3.8) is 0 Å². The number of ether oxygens (including phenoxy) is 2. The van der Waals surface area contributed by atoms with Gasteiger partial charge >= 0.3 is 0 Å². The van der Waals surface area contributed by atoms with Gasteiger partial charge in [0.1, 0.15) is 16.0 Å². The molecule has 0 aromatic heterocycles. The second-order valence-electron chi connectivity index (χ2n) is 5.09. The molecule has 1 aromatic carbocycles. The van der Waals surface area contributed by atoms with Crippen LogP contribution in [0.2, 0.25) is 0 Å². The van der Waals surface area contributed by atoms with Crippen LogP contribution in [0.25, 0.3) is 0 Å². The third kappa shape index (κ3) is 3.73. The predicted molar refractivity (Wildman–Crippen MR) is 83.6 cm³/mol. The molecule has 0 heterocycles. The second kappa shape index (κ2) is 7.64. The van der Waals surface area contributed by atoms with Gasteiger partial charge < -0.3 is 15.2 Å². The van der Waals surface area contributed by atoms with Crippen LogP contribution in [0.5, 0.6) is 11.5 Å². The van der Waals surface area contributed by atoms with E-state index in [1.54, 1.807) is 19.2 Å². The maximum absolute atomic E-state index is 12.6. The van der Waals surface area contributed by atoms with Crippen LogP contribution in [0.3, 0.4) is 0 Å². The molecule has 1 unspecified atom stereocenters. The quantitative estimate of drug-likeness (QED) is 0.771. The van der Waals surface area contributed by atoms with Crippen LogP contribution in [0, 0.1) is 11.8 Å². The molecule has 5 heteroatoms. The number of carbonyl (C=O) groups excluding carboxylic acids is 1. The number of benzene rings is 1. The molecule has 4 nitrogen and oxygen atoms in total. The molecule has 2 N–H and O–H groups in total. The molecule has 1 atom stereocenters. The van der Waals surface area contributed by atoms with E-state index in [-0.39, 0.29) is 11.7 Å². The van der Waals surface area contributed by atoms with Gasteiger partial charge in [0.2, 0.25) is 0 Å². The average molecular weight is 344 g/mol. The van der Waals surface area contributed by atoms with Crippen molar-refractivity contribution in [2.45, 2.75) is 20.3 Å². The van der Waals surface area contributed by atoms with E-state index in [2.05, 4.69) is 29.8 Å². The van der Waals surface area contributed by atoms with Crippen molar-refractivity contribution in [3.8, 4) is 11.5 Å². The molecule has 20 heavy (non-hydrogen) atoms. The van der Waals surface area contributed by atoms with Crippen LogP contribution in [0.4, 0.5) is 0 Å². The Morgan fingerprint density at radius 3 is 2.40 bits per heavy atom. The van der Waals surface area contributed by atoms with Gasteiger partial charge in [0, 0.05) is 12.5 Å². The van der Waals surface area contributed by atoms with Crippen LogP contribution in [-0.4, -0.2) is 26.5 Å². The maximum Gasteiger partial charge on any atom is 0.170 e. The number of hydrogen-bond donors (Lipinski definition) is 1. The number of carbonyl (C=O) groups is 1. The van der Waals surface area contributed by atoms with Gasteiger partial charge in [0.05, 0.1) is 19.8 Å². The molecule has 0 aliphatic rings. The van der Waals surface area contributed by atoms with Crippen molar-refractivity contribution in [2.24, 2.45) is 17.6 Å². The molecule has 0 aliphatic carbocycles. The minimum atomic E-state index is -0.191. The van der Waals surface area contributed by atoms with Gasteiger partial charge in [0.25, 0.3) is 0 Å². The molecule has 0 bridgehead atoms. The highest BCUT2D eigenvalue weighted by atomic mass is 79.9. The molecule has 112 valence electrons. The average Bonchev–Trinajstić information content (AvgIpc) is 2.43. The lowest BCUT2D eigenvalue weighted by Gasteiger charge is -2.18. The number of hydrogen-bond acceptors (Lipinski definition) is 4. The van der Waals surface area contributed by atoms with Gasteiger partial charge in [-0.05, 0) is 40.4 Å². The molecule has 0 aliphatic heterocycles. The van der Waals surface area contributed by atoms with Crippen LogP contribution in [-0.2, 0) is 0 Å². The van der Waals surface area contributed by atoms with Crippen molar-refractivity contribution >= 4 is 21.7 Å². The summed E-state index contributed by atoms with van der Waals surface area (Å²) in [5.41, 5.74) is 6.29. The molecule has 0 spiro atoms. The second-order valence-corrected chi connectivity index (χ2v) is 5.88. The van der Waals surface area contributed by atoms with Gasteiger partial charge in [-0.3, -0.25) is 4.79 Å². The minimum absolute atomic E-state index is 0.0152. The Morgan fingerprint density at radius 1 is 1.30 bits per heavy atom. The first-order valence-corrected chi connectivity index (χ1v) is 7.40. The largest absolute Gasteiger partial charge is 0.495 e. The van der Waals surface area contributed by atoms with Gasteiger partial charge in [-0.15, -0.1) is 0 Å². The zero-order valence-corrected chi connectivity index (χ0v) is 14.0. The van der Waals surface area contributed by atoms with Crippen molar-refractivity contribution < 1.29 is 14.3 Å². The number of rotatable bonds is 7. The fraction of sp³-hybridized carbons (Fsp3) is 0.533. The Labute approximate surface area is 128 Å². The van der Waals surface area contributed by atoms with Crippen molar-refractivity contribution in [3.05, 3.63) is 22.2 Å². The molecule has 0 amide bonds. The maximum atomic E-state index is 12.6. The first-order chi connectivity index (χ1) is 9.46. The number of nitrogens with two attached hydrogens (primary N) is 1. The lowest BCUT2D eigenvalue weighted by molar-refractivity contribution is 0.0905. The fourth-order valence-corrected chi connectivity index (χ4v) is 2.86. The monoisotopic (exact) mass is 343 g/mol. The summed E-state index contributed by atoms with van der Waals surface area (Å²) in [6.07, 6.45) is 0.766. The molecule has 0 saturated carbocycles. The van der Waals surface area contributed by atoms with E-state index in [4.69, 9.17) is 15.2 Å². The van der Waals surface area contributed by atoms with E-state index in [0.717, 1.165) is 6.42 Å². The lowest BCUT2D eigenvalue weighted by atomic mass is 9.89. The fourth-order valence-electron chi connectivity index (χ4n) is 2.19. The Hall–Kier alpha value is -1.07. The number of ketones is 1. The van der Waals surface area contributed by atoms with Crippen LogP contribution < -0.4 is 15.2 Å². The van der Waals surface area contributed by atoms with Crippen molar-refractivity contribution in [2.75, 3.05) is 20.8 Å². The molecular weight excluding hydrogens is 322 g/mol. The van der Waals surface area contributed by atoms with Crippen LogP contribution >= 0.6 is 15.9 Å². The zero-order valence-electron chi connectivity index (χ0n) is 12.4. The molecule has 1 aromatic rings. The molecule has 0 saturated heterocycles.